The second-order valence-corrected chi connectivity index (χ2v) is 5.04. The van der Waals surface area contributed by atoms with Crippen molar-refractivity contribution in [2.75, 3.05) is 18.4 Å². The lowest BCUT2D eigenvalue weighted by molar-refractivity contribution is -0.138. The van der Waals surface area contributed by atoms with Gasteiger partial charge in [-0.2, -0.15) is 13.2 Å². The van der Waals surface area contributed by atoms with E-state index in [1.165, 1.54) is 0 Å². The van der Waals surface area contributed by atoms with E-state index in [4.69, 9.17) is 0 Å². The third-order valence-electron chi connectivity index (χ3n) is 3.05. The number of hydrogen-bond acceptors (Lipinski definition) is 5. The Kier molecular flexibility index (Phi) is 2.12. The third kappa shape index (κ3) is 1.65. The molecular weight excluding hydrogens is 241 g/mol. The fourth-order valence-electron chi connectivity index (χ4n) is 2.17. The van der Waals surface area contributed by atoms with Gasteiger partial charge in [0.15, 0.2) is 0 Å². The van der Waals surface area contributed by atoms with E-state index in [-0.39, 0.29) is 11.2 Å². The van der Waals surface area contributed by atoms with Gasteiger partial charge < -0.3 is 10.6 Å². The van der Waals surface area contributed by atoms with Crippen LogP contribution in [0.1, 0.15) is 5.01 Å². The molecule has 1 aliphatic heterocycles. The van der Waals surface area contributed by atoms with Crippen LogP contribution in [0.2, 0.25) is 0 Å². The van der Waals surface area contributed by atoms with Crippen LogP contribution in [0, 0.1) is 11.8 Å². The van der Waals surface area contributed by atoms with E-state index in [0.29, 0.717) is 23.2 Å². The summed E-state index contributed by atoms with van der Waals surface area (Å²) in [5.41, 5.74) is 0. The first kappa shape index (κ1) is 10.3. The van der Waals surface area contributed by atoms with E-state index in [0.717, 1.165) is 13.1 Å². The Hall–Kier alpha value is -0.890. The molecule has 0 aromatic carbocycles. The number of piperidine rings is 1. The summed E-state index contributed by atoms with van der Waals surface area (Å²) in [6.07, 6.45) is -4.39. The predicted octanol–water partition coefficient (Wildman–Crippen LogP) is 1.19. The Morgan fingerprint density at radius 2 is 1.94 bits per heavy atom. The maximum atomic E-state index is 12.3. The highest BCUT2D eigenvalue weighted by molar-refractivity contribution is 7.15. The van der Waals surface area contributed by atoms with Gasteiger partial charge in [0, 0.05) is 19.1 Å². The van der Waals surface area contributed by atoms with Gasteiger partial charge in [0.1, 0.15) is 0 Å². The van der Waals surface area contributed by atoms with Crippen LogP contribution in [-0.4, -0.2) is 29.3 Å². The Balaban J connectivity index is 1.66. The molecule has 8 heteroatoms. The van der Waals surface area contributed by atoms with E-state index >= 15 is 0 Å². The van der Waals surface area contributed by atoms with Crippen molar-refractivity contribution in [2.24, 2.45) is 11.8 Å². The van der Waals surface area contributed by atoms with Crippen molar-refractivity contribution in [3.8, 4) is 0 Å². The summed E-state index contributed by atoms with van der Waals surface area (Å²) >= 11 is 0.568. The van der Waals surface area contributed by atoms with Gasteiger partial charge in [-0.05, 0) is 11.8 Å². The SMILES string of the molecule is FC(F)(F)c1nnc(NC2C3CNCC32)s1. The van der Waals surface area contributed by atoms with Gasteiger partial charge in [-0.15, -0.1) is 10.2 Å². The number of alkyl halides is 3. The Morgan fingerprint density at radius 3 is 2.50 bits per heavy atom. The molecule has 88 valence electrons. The van der Waals surface area contributed by atoms with E-state index in [9.17, 15) is 13.2 Å². The molecule has 2 unspecified atom stereocenters. The van der Waals surface area contributed by atoms with Crippen LogP contribution in [0.15, 0.2) is 0 Å². The van der Waals surface area contributed by atoms with Crippen LogP contribution < -0.4 is 10.6 Å². The van der Waals surface area contributed by atoms with Crippen molar-refractivity contribution in [1.82, 2.24) is 15.5 Å². The molecule has 2 atom stereocenters. The summed E-state index contributed by atoms with van der Waals surface area (Å²) in [5.74, 6) is 1.08. The topological polar surface area (TPSA) is 49.8 Å². The van der Waals surface area contributed by atoms with E-state index in [1.807, 2.05) is 0 Å². The van der Waals surface area contributed by atoms with Crippen molar-refractivity contribution in [2.45, 2.75) is 12.2 Å². The molecule has 0 spiro atoms. The molecule has 1 saturated carbocycles. The first-order valence-electron chi connectivity index (χ1n) is 4.93. The molecule has 1 aromatic rings. The van der Waals surface area contributed by atoms with E-state index in [1.54, 1.807) is 0 Å². The molecule has 4 nitrogen and oxygen atoms in total. The predicted molar refractivity (Wildman–Crippen MR) is 52.2 cm³/mol. The Labute approximate surface area is 93.3 Å². The number of rotatable bonds is 2. The van der Waals surface area contributed by atoms with Gasteiger partial charge in [-0.25, -0.2) is 0 Å². The molecule has 2 aliphatic rings. The number of nitrogens with zero attached hydrogens (tertiary/aromatic N) is 2. The first-order valence-corrected chi connectivity index (χ1v) is 5.75. The van der Waals surface area contributed by atoms with Crippen LogP contribution in [0.3, 0.4) is 0 Å². The Bertz CT molecular complexity index is 394. The second kappa shape index (κ2) is 3.30. The van der Waals surface area contributed by atoms with Gasteiger partial charge in [0.25, 0.3) is 0 Å². The fourth-order valence-corrected chi connectivity index (χ4v) is 2.83. The molecule has 0 bridgehead atoms. The number of nitrogens with one attached hydrogen (secondary N) is 2. The minimum absolute atomic E-state index is 0.270. The molecule has 16 heavy (non-hydrogen) atoms. The highest BCUT2D eigenvalue weighted by Crippen LogP contribution is 2.44. The van der Waals surface area contributed by atoms with E-state index < -0.39 is 11.2 Å². The molecule has 0 amide bonds. The van der Waals surface area contributed by atoms with Gasteiger partial charge in [0.05, 0.1) is 0 Å². The van der Waals surface area contributed by atoms with Crippen LogP contribution >= 0.6 is 11.3 Å². The van der Waals surface area contributed by atoms with Gasteiger partial charge in [-0.1, -0.05) is 11.3 Å². The largest absolute Gasteiger partial charge is 0.445 e. The lowest BCUT2D eigenvalue weighted by atomic mass is 10.4. The van der Waals surface area contributed by atoms with Crippen molar-refractivity contribution in [3.63, 3.8) is 0 Å². The van der Waals surface area contributed by atoms with Crippen molar-refractivity contribution >= 4 is 16.5 Å². The van der Waals surface area contributed by atoms with Crippen LogP contribution in [0.5, 0.6) is 0 Å². The van der Waals surface area contributed by atoms with Crippen molar-refractivity contribution < 1.29 is 13.2 Å². The Morgan fingerprint density at radius 1 is 1.25 bits per heavy atom. The highest BCUT2D eigenvalue weighted by Gasteiger charge is 2.53. The molecule has 1 aromatic heterocycles. The van der Waals surface area contributed by atoms with Crippen LogP contribution in [0.25, 0.3) is 0 Å². The van der Waals surface area contributed by atoms with Gasteiger partial charge >= 0.3 is 6.18 Å². The van der Waals surface area contributed by atoms with Gasteiger partial charge in [0.2, 0.25) is 10.1 Å². The summed E-state index contributed by atoms with van der Waals surface area (Å²) in [7, 11) is 0. The summed E-state index contributed by atoms with van der Waals surface area (Å²) in [6.45, 7) is 1.88. The lowest BCUT2D eigenvalue weighted by Crippen LogP contribution is -2.21. The molecule has 2 fully saturated rings. The number of hydrogen-bond donors (Lipinski definition) is 2. The number of aromatic nitrogens is 2. The number of fused-ring (bicyclic) bond motifs is 1. The molecule has 1 saturated heterocycles. The fraction of sp³-hybridized carbons (Fsp3) is 0.750. The third-order valence-corrected chi connectivity index (χ3v) is 3.95. The average Bonchev–Trinajstić information content (AvgIpc) is 2.64. The molecule has 2 N–H and O–H groups in total. The molecule has 2 heterocycles. The minimum Gasteiger partial charge on any atom is -0.357 e. The van der Waals surface area contributed by atoms with Crippen LogP contribution in [-0.2, 0) is 6.18 Å². The molecular formula is C8H9F3N4S. The summed E-state index contributed by atoms with van der Waals surface area (Å²) < 4.78 is 36.8. The zero-order valence-corrected chi connectivity index (χ0v) is 8.90. The second-order valence-electron chi connectivity index (χ2n) is 4.07. The summed E-state index contributed by atoms with van der Waals surface area (Å²) in [5, 5.41) is 12.2. The lowest BCUT2D eigenvalue weighted by Gasteiger charge is -2.04. The quantitative estimate of drug-likeness (QED) is 0.827. The molecule has 0 radical (unpaired) electrons. The minimum atomic E-state index is -4.39. The summed E-state index contributed by atoms with van der Waals surface area (Å²) in [6, 6.07) is 0.273. The molecule has 3 rings (SSSR count). The standard InChI is InChI=1S/C8H9F3N4S/c9-8(10,11)6-14-15-7(16-6)13-5-3-1-12-2-4(3)5/h3-5,12H,1-2H2,(H,13,15). The zero-order chi connectivity index (χ0) is 11.3. The molecule has 1 aliphatic carbocycles. The highest BCUT2D eigenvalue weighted by atomic mass is 32.1. The van der Waals surface area contributed by atoms with E-state index in [2.05, 4.69) is 20.8 Å². The summed E-state index contributed by atoms with van der Waals surface area (Å²) in [4.78, 5) is 0. The number of anilines is 1. The normalized spacial score (nSPS) is 32.6. The first-order chi connectivity index (χ1) is 7.55. The zero-order valence-electron chi connectivity index (χ0n) is 8.08. The van der Waals surface area contributed by atoms with Gasteiger partial charge in [-0.3, -0.25) is 0 Å². The number of halogens is 3. The smallest absolute Gasteiger partial charge is 0.357 e. The van der Waals surface area contributed by atoms with Crippen molar-refractivity contribution in [3.05, 3.63) is 5.01 Å². The maximum Gasteiger partial charge on any atom is 0.445 e. The monoisotopic (exact) mass is 250 g/mol. The van der Waals surface area contributed by atoms with Crippen LogP contribution in [0.4, 0.5) is 18.3 Å². The maximum absolute atomic E-state index is 12.3. The average molecular weight is 250 g/mol. The van der Waals surface area contributed by atoms with Crippen molar-refractivity contribution in [1.29, 1.82) is 0 Å².